The van der Waals surface area contributed by atoms with E-state index in [-0.39, 0.29) is 27.2 Å². The van der Waals surface area contributed by atoms with Gasteiger partial charge in [0.15, 0.2) is 5.58 Å². The lowest BCUT2D eigenvalue weighted by atomic mass is 9.83. The summed E-state index contributed by atoms with van der Waals surface area (Å²) < 4.78 is 12.8. The van der Waals surface area contributed by atoms with E-state index in [9.17, 15) is 9.59 Å². The average molecular weight is 697 g/mol. The zero-order valence-corrected chi connectivity index (χ0v) is 29.9. The third kappa shape index (κ3) is 4.43. The molecule has 0 aliphatic heterocycles. The summed E-state index contributed by atoms with van der Waals surface area (Å²) in [6, 6.07) is 47.1. The molecule has 4 heteroatoms. The van der Waals surface area contributed by atoms with Crippen LogP contribution in [0.5, 0.6) is 0 Å². The zero-order chi connectivity index (χ0) is 36.5. The molecule has 0 aliphatic carbocycles. The Hall–Kier alpha value is -6.78. The lowest BCUT2D eigenvalue weighted by Crippen LogP contribution is -2.10. The first kappa shape index (κ1) is 30.8. The van der Waals surface area contributed by atoms with Gasteiger partial charge in [-0.2, -0.15) is 0 Å². The Morgan fingerprint density at radius 3 is 1.81 bits per heavy atom. The van der Waals surface area contributed by atoms with E-state index in [1.165, 1.54) is 32.5 Å². The maximum absolute atomic E-state index is 14.3. The Kier molecular flexibility index (Phi) is 6.21. The molecule has 256 valence electrons. The van der Waals surface area contributed by atoms with E-state index >= 15 is 0 Å². The highest BCUT2D eigenvalue weighted by Crippen LogP contribution is 2.42. The molecule has 0 bridgehead atoms. The van der Waals surface area contributed by atoms with Crippen molar-refractivity contribution >= 4 is 87.0 Å². The highest BCUT2D eigenvalue weighted by Gasteiger charge is 2.20. The minimum Gasteiger partial charge on any atom is -0.456 e. The van der Waals surface area contributed by atoms with Crippen LogP contribution in [-0.4, -0.2) is 0 Å². The molecule has 2 heterocycles. The van der Waals surface area contributed by atoms with Crippen LogP contribution in [0.15, 0.2) is 158 Å². The molecule has 0 amide bonds. The molecule has 0 spiro atoms. The van der Waals surface area contributed by atoms with Crippen LogP contribution >= 0.6 is 0 Å². The van der Waals surface area contributed by atoms with Crippen molar-refractivity contribution in [3.05, 3.63) is 166 Å². The van der Waals surface area contributed by atoms with Gasteiger partial charge in [-0.25, -0.2) is 0 Å². The van der Waals surface area contributed by atoms with Crippen molar-refractivity contribution in [1.82, 2.24) is 0 Å². The Morgan fingerprint density at radius 1 is 0.407 bits per heavy atom. The molecule has 0 radical (unpaired) electrons. The van der Waals surface area contributed by atoms with Crippen LogP contribution in [0.25, 0.3) is 109 Å². The molecule has 0 fully saturated rings. The maximum Gasteiger partial charge on any atom is 0.204 e. The second-order valence-electron chi connectivity index (χ2n) is 15.6. The Balaban J connectivity index is 1.08. The van der Waals surface area contributed by atoms with Crippen molar-refractivity contribution in [1.29, 1.82) is 0 Å². The minimum atomic E-state index is -0.234. The summed E-state index contributed by atoms with van der Waals surface area (Å²) in [5, 5.41) is 11.0. The molecule has 9 aromatic carbocycles. The Labute approximate surface area is 308 Å². The minimum absolute atomic E-state index is 0.0397. The third-order valence-corrected chi connectivity index (χ3v) is 11.3. The molecule has 11 aromatic rings. The molecule has 54 heavy (non-hydrogen) atoms. The van der Waals surface area contributed by atoms with Crippen LogP contribution in [0.1, 0.15) is 26.3 Å². The quantitative estimate of drug-likeness (QED) is 0.133. The summed E-state index contributed by atoms with van der Waals surface area (Å²) in [5.41, 5.74) is 6.32. The SMILES string of the molecule is CC(C)(C)c1cc2ccc3ccc(-c4ccc5oc6c(ccc7oc8ccc(-c9ccc%10ccccc%10c9)cc8c(=O)c76)c(=O)c5c4)c4ccc(c1)c2c34. The summed E-state index contributed by atoms with van der Waals surface area (Å²) in [5.74, 6) is 0. The van der Waals surface area contributed by atoms with E-state index in [1.54, 1.807) is 12.1 Å². The molecule has 4 nitrogen and oxygen atoms in total. The van der Waals surface area contributed by atoms with E-state index < -0.39 is 0 Å². The lowest BCUT2D eigenvalue weighted by molar-refractivity contribution is 0.591. The molecule has 0 aliphatic rings. The van der Waals surface area contributed by atoms with Crippen molar-refractivity contribution in [2.45, 2.75) is 26.2 Å². The van der Waals surface area contributed by atoms with Gasteiger partial charge in [0.2, 0.25) is 10.9 Å². The lowest BCUT2D eigenvalue weighted by Gasteiger charge is -2.22. The molecule has 2 aromatic heterocycles. The van der Waals surface area contributed by atoms with Gasteiger partial charge < -0.3 is 8.83 Å². The first-order chi connectivity index (χ1) is 26.2. The van der Waals surface area contributed by atoms with Gasteiger partial charge in [0, 0.05) is 0 Å². The van der Waals surface area contributed by atoms with Gasteiger partial charge in [-0.1, -0.05) is 118 Å². The van der Waals surface area contributed by atoms with E-state index in [4.69, 9.17) is 8.83 Å². The van der Waals surface area contributed by atoms with Crippen molar-refractivity contribution in [3.63, 3.8) is 0 Å². The Morgan fingerprint density at radius 2 is 1.00 bits per heavy atom. The zero-order valence-electron chi connectivity index (χ0n) is 29.9. The van der Waals surface area contributed by atoms with Crippen LogP contribution in [0.3, 0.4) is 0 Å². The highest BCUT2D eigenvalue weighted by molar-refractivity contribution is 6.25. The Bertz CT molecular complexity index is 3500. The van der Waals surface area contributed by atoms with Gasteiger partial charge in [0.05, 0.1) is 16.2 Å². The van der Waals surface area contributed by atoms with Crippen LogP contribution < -0.4 is 10.9 Å². The summed E-state index contributed by atoms with van der Waals surface area (Å²) in [4.78, 5) is 28.6. The predicted molar refractivity (Wildman–Crippen MR) is 224 cm³/mol. The maximum atomic E-state index is 14.3. The predicted octanol–water partition coefficient (Wildman–Crippen LogP) is 12.9. The molecule has 0 saturated heterocycles. The second-order valence-corrected chi connectivity index (χ2v) is 15.6. The fourth-order valence-electron chi connectivity index (χ4n) is 8.47. The van der Waals surface area contributed by atoms with E-state index in [0.717, 1.165) is 38.4 Å². The molecule has 0 atom stereocenters. The van der Waals surface area contributed by atoms with Crippen LogP contribution in [0.2, 0.25) is 0 Å². The van der Waals surface area contributed by atoms with Crippen molar-refractivity contribution in [3.8, 4) is 22.3 Å². The summed E-state index contributed by atoms with van der Waals surface area (Å²) >= 11 is 0. The number of rotatable bonds is 2. The first-order valence-electron chi connectivity index (χ1n) is 18.3. The fourth-order valence-corrected chi connectivity index (χ4v) is 8.47. The van der Waals surface area contributed by atoms with Gasteiger partial charge >= 0.3 is 0 Å². The largest absolute Gasteiger partial charge is 0.456 e. The van der Waals surface area contributed by atoms with Crippen molar-refractivity contribution in [2.75, 3.05) is 0 Å². The van der Waals surface area contributed by atoms with Gasteiger partial charge in [0.25, 0.3) is 0 Å². The number of hydrogen-bond acceptors (Lipinski definition) is 4. The number of benzene rings is 9. The van der Waals surface area contributed by atoms with Gasteiger partial charge in [-0.15, -0.1) is 0 Å². The average Bonchev–Trinajstić information content (AvgIpc) is 3.19. The molecular weight excluding hydrogens is 665 g/mol. The third-order valence-electron chi connectivity index (χ3n) is 11.3. The molecule has 11 rings (SSSR count). The number of fused-ring (bicyclic) bond motifs is 6. The summed E-state index contributed by atoms with van der Waals surface area (Å²) in [7, 11) is 0. The van der Waals surface area contributed by atoms with E-state index in [1.807, 2.05) is 48.5 Å². The molecule has 0 saturated carbocycles. The van der Waals surface area contributed by atoms with Gasteiger partial charge in [0.1, 0.15) is 22.1 Å². The van der Waals surface area contributed by atoms with Crippen molar-refractivity contribution in [2.24, 2.45) is 0 Å². The molecule has 0 N–H and O–H groups in total. The summed E-state index contributed by atoms with van der Waals surface area (Å²) in [6.07, 6.45) is 0. The first-order valence-corrected chi connectivity index (χ1v) is 18.3. The van der Waals surface area contributed by atoms with Crippen molar-refractivity contribution < 1.29 is 8.83 Å². The summed E-state index contributed by atoms with van der Waals surface area (Å²) in [6.45, 7) is 6.75. The van der Waals surface area contributed by atoms with E-state index in [0.29, 0.717) is 32.9 Å². The van der Waals surface area contributed by atoms with Crippen LogP contribution in [0.4, 0.5) is 0 Å². The highest BCUT2D eigenvalue weighted by atomic mass is 16.3. The topological polar surface area (TPSA) is 60.4 Å². The standard InChI is InChI=1S/C50H32O4/c1-50(2,3)35-23-33-11-9-28-12-16-36(37-17-13-34(24-35)44(33)45(28)37)32-15-20-42-39(26-32)47(51)38-18-21-43-46(49(38)54-42)48(52)40-25-31(14-19-41(40)53-43)30-10-8-27-6-4-5-7-29(27)22-30/h4-26H,1-3H3. The second kappa shape index (κ2) is 10.9. The fraction of sp³-hybridized carbons (Fsp3) is 0.0800. The molecular formula is C50H32O4. The van der Waals surface area contributed by atoms with Crippen LogP contribution in [0, 0.1) is 0 Å². The van der Waals surface area contributed by atoms with Crippen LogP contribution in [-0.2, 0) is 5.41 Å². The monoisotopic (exact) mass is 696 g/mol. The van der Waals surface area contributed by atoms with Gasteiger partial charge in [-0.3, -0.25) is 9.59 Å². The smallest absolute Gasteiger partial charge is 0.204 e. The normalized spacial score (nSPS) is 12.5. The van der Waals surface area contributed by atoms with E-state index in [2.05, 4.69) is 99.6 Å². The number of hydrogen-bond donors (Lipinski definition) is 0. The molecule has 0 unspecified atom stereocenters. The van der Waals surface area contributed by atoms with Gasteiger partial charge in [-0.05, 0) is 119 Å².